The molecule has 6 nitrogen and oxygen atoms in total. The van der Waals surface area contributed by atoms with E-state index in [2.05, 4.69) is 5.32 Å². The van der Waals surface area contributed by atoms with E-state index in [1.54, 1.807) is 19.1 Å². The summed E-state index contributed by atoms with van der Waals surface area (Å²) in [6.45, 7) is 7.61. The zero-order chi connectivity index (χ0) is 17.7. The van der Waals surface area contributed by atoms with Gasteiger partial charge >= 0.3 is 12.1 Å². The summed E-state index contributed by atoms with van der Waals surface area (Å²) in [7, 11) is 0. The van der Waals surface area contributed by atoms with Crippen LogP contribution in [0.4, 0.5) is 10.5 Å². The number of nitrogens with one attached hydrogen (secondary N) is 1. The Bertz CT molecular complexity index is 606. The van der Waals surface area contributed by atoms with E-state index in [1.807, 2.05) is 26.8 Å². The number of carbonyl (C=O) groups excluding carboxylic acids is 2. The van der Waals surface area contributed by atoms with Crippen molar-refractivity contribution in [3.05, 3.63) is 23.8 Å². The Balaban J connectivity index is 1.96. The Morgan fingerprint density at radius 1 is 1.33 bits per heavy atom. The third-order valence-electron chi connectivity index (χ3n) is 3.43. The fraction of sp³-hybridized carbons (Fsp3) is 0.556. The molecule has 0 bridgehead atoms. The molecule has 0 aliphatic carbocycles. The molecule has 0 saturated heterocycles. The van der Waals surface area contributed by atoms with E-state index in [-0.39, 0.29) is 18.5 Å². The van der Waals surface area contributed by atoms with Gasteiger partial charge in [0.05, 0.1) is 13.0 Å². The number of hydrogen-bond donors (Lipinski definition) is 1. The molecule has 0 saturated carbocycles. The topological polar surface area (TPSA) is 73.9 Å². The van der Waals surface area contributed by atoms with E-state index in [0.29, 0.717) is 12.3 Å². The van der Waals surface area contributed by atoms with Crippen LogP contribution in [0.5, 0.6) is 5.75 Å². The SMILES string of the molecule is CCOC(=O)CC1CCc2cc(NC(=O)OC(C)(C)C)ccc2O1. The largest absolute Gasteiger partial charge is 0.490 e. The fourth-order valence-electron chi connectivity index (χ4n) is 2.49. The van der Waals surface area contributed by atoms with Gasteiger partial charge in [-0.25, -0.2) is 4.79 Å². The quantitative estimate of drug-likeness (QED) is 0.850. The molecule has 1 N–H and O–H groups in total. The van der Waals surface area contributed by atoms with Crippen LogP contribution in [0.15, 0.2) is 18.2 Å². The molecule has 0 fully saturated rings. The fourth-order valence-corrected chi connectivity index (χ4v) is 2.49. The van der Waals surface area contributed by atoms with Gasteiger partial charge in [-0.15, -0.1) is 0 Å². The zero-order valence-electron chi connectivity index (χ0n) is 14.7. The third kappa shape index (κ3) is 5.44. The number of fused-ring (bicyclic) bond motifs is 1. The molecule has 0 spiro atoms. The number of rotatable bonds is 4. The van der Waals surface area contributed by atoms with Crippen LogP contribution < -0.4 is 10.1 Å². The van der Waals surface area contributed by atoms with Crippen LogP contribution in [0.1, 0.15) is 46.1 Å². The highest BCUT2D eigenvalue weighted by Crippen LogP contribution is 2.31. The number of hydrogen-bond acceptors (Lipinski definition) is 5. The highest BCUT2D eigenvalue weighted by atomic mass is 16.6. The summed E-state index contributed by atoms with van der Waals surface area (Å²) < 4.78 is 16.0. The van der Waals surface area contributed by atoms with Crippen LogP contribution in [0.2, 0.25) is 0 Å². The standard InChI is InChI=1S/C18H25NO5/c1-5-22-16(20)11-14-8-6-12-10-13(7-9-15(12)23-14)19-17(21)24-18(2,3)4/h7,9-10,14H,5-6,8,11H2,1-4H3,(H,19,21). The van der Waals surface area contributed by atoms with Gasteiger partial charge in [0.1, 0.15) is 17.5 Å². The summed E-state index contributed by atoms with van der Waals surface area (Å²) in [6, 6.07) is 5.44. The van der Waals surface area contributed by atoms with Gasteiger partial charge in [0.25, 0.3) is 0 Å². The zero-order valence-corrected chi connectivity index (χ0v) is 14.7. The van der Waals surface area contributed by atoms with Gasteiger partial charge in [-0.3, -0.25) is 10.1 Å². The smallest absolute Gasteiger partial charge is 0.412 e. The van der Waals surface area contributed by atoms with E-state index in [1.165, 1.54) is 0 Å². The van der Waals surface area contributed by atoms with Crippen LogP contribution in [0.3, 0.4) is 0 Å². The van der Waals surface area contributed by atoms with Crippen molar-refractivity contribution < 1.29 is 23.8 Å². The predicted molar refractivity (Wildman–Crippen MR) is 90.3 cm³/mol. The average Bonchev–Trinajstić information content (AvgIpc) is 2.45. The summed E-state index contributed by atoms with van der Waals surface area (Å²) in [6.07, 6.45) is 1.12. The molecule has 24 heavy (non-hydrogen) atoms. The number of anilines is 1. The first-order valence-corrected chi connectivity index (χ1v) is 8.22. The first kappa shape index (κ1) is 18.1. The molecule has 1 unspecified atom stereocenters. The van der Waals surface area contributed by atoms with Crippen LogP contribution in [-0.4, -0.2) is 30.4 Å². The molecule has 0 radical (unpaired) electrons. The number of benzene rings is 1. The van der Waals surface area contributed by atoms with Gasteiger partial charge in [0.2, 0.25) is 0 Å². The molecule has 2 rings (SSSR count). The number of ether oxygens (including phenoxy) is 3. The van der Waals surface area contributed by atoms with Crippen molar-refractivity contribution in [2.24, 2.45) is 0 Å². The average molecular weight is 335 g/mol. The Morgan fingerprint density at radius 3 is 2.75 bits per heavy atom. The lowest BCUT2D eigenvalue weighted by atomic mass is 10.00. The molecular formula is C18H25NO5. The molecule has 132 valence electrons. The molecule has 1 heterocycles. The van der Waals surface area contributed by atoms with Crippen LogP contribution in [-0.2, 0) is 20.7 Å². The summed E-state index contributed by atoms with van der Waals surface area (Å²) >= 11 is 0. The third-order valence-corrected chi connectivity index (χ3v) is 3.43. The Kier molecular flexibility index (Phi) is 5.70. The van der Waals surface area contributed by atoms with Crippen LogP contribution in [0.25, 0.3) is 0 Å². The number of amides is 1. The maximum atomic E-state index is 11.8. The lowest BCUT2D eigenvalue weighted by Gasteiger charge is -2.26. The molecule has 6 heteroatoms. The van der Waals surface area contributed by atoms with Gasteiger partial charge < -0.3 is 14.2 Å². The minimum Gasteiger partial charge on any atom is -0.490 e. The molecule has 1 aromatic carbocycles. The Labute approximate surface area is 142 Å². The van der Waals surface area contributed by atoms with Crippen LogP contribution in [0, 0.1) is 0 Å². The van der Waals surface area contributed by atoms with Gasteiger partial charge in [0.15, 0.2) is 0 Å². The van der Waals surface area contributed by atoms with E-state index >= 15 is 0 Å². The first-order chi connectivity index (χ1) is 11.3. The molecule has 1 atom stereocenters. The Morgan fingerprint density at radius 2 is 2.08 bits per heavy atom. The minimum atomic E-state index is -0.540. The van der Waals surface area contributed by atoms with Crippen molar-refractivity contribution in [3.63, 3.8) is 0 Å². The van der Waals surface area contributed by atoms with Gasteiger partial charge in [-0.2, -0.15) is 0 Å². The maximum Gasteiger partial charge on any atom is 0.412 e. The summed E-state index contributed by atoms with van der Waals surface area (Å²) in [5, 5.41) is 2.72. The van der Waals surface area contributed by atoms with E-state index < -0.39 is 11.7 Å². The molecule has 1 aromatic rings. The van der Waals surface area contributed by atoms with E-state index in [9.17, 15) is 9.59 Å². The van der Waals surface area contributed by atoms with Crippen molar-refractivity contribution in [3.8, 4) is 5.75 Å². The second kappa shape index (κ2) is 7.55. The summed E-state index contributed by atoms with van der Waals surface area (Å²) in [4.78, 5) is 23.4. The summed E-state index contributed by atoms with van der Waals surface area (Å²) in [5.41, 5.74) is 1.13. The van der Waals surface area contributed by atoms with Gasteiger partial charge in [-0.05, 0) is 64.3 Å². The second-order valence-corrected chi connectivity index (χ2v) is 6.74. The monoisotopic (exact) mass is 335 g/mol. The lowest BCUT2D eigenvalue weighted by molar-refractivity contribution is -0.145. The molecule has 1 aliphatic heterocycles. The predicted octanol–water partition coefficient (Wildman–Crippen LogP) is 3.68. The molecular weight excluding hydrogens is 310 g/mol. The normalized spacial score (nSPS) is 16.6. The highest BCUT2D eigenvalue weighted by molar-refractivity contribution is 5.85. The van der Waals surface area contributed by atoms with Gasteiger partial charge in [-0.1, -0.05) is 0 Å². The number of esters is 1. The van der Waals surface area contributed by atoms with Gasteiger partial charge in [0, 0.05) is 5.69 Å². The Hall–Kier alpha value is -2.24. The molecule has 1 amide bonds. The van der Waals surface area contributed by atoms with E-state index in [0.717, 1.165) is 24.2 Å². The van der Waals surface area contributed by atoms with Crippen molar-refractivity contribution in [1.82, 2.24) is 0 Å². The minimum absolute atomic E-state index is 0.166. The second-order valence-electron chi connectivity index (χ2n) is 6.74. The first-order valence-electron chi connectivity index (χ1n) is 8.22. The van der Waals surface area contributed by atoms with Crippen molar-refractivity contribution in [2.45, 2.75) is 58.7 Å². The molecule has 1 aliphatic rings. The van der Waals surface area contributed by atoms with Crippen molar-refractivity contribution >= 4 is 17.7 Å². The van der Waals surface area contributed by atoms with Crippen molar-refractivity contribution in [2.75, 3.05) is 11.9 Å². The highest BCUT2D eigenvalue weighted by Gasteiger charge is 2.23. The lowest BCUT2D eigenvalue weighted by Crippen LogP contribution is -2.28. The number of carbonyl (C=O) groups is 2. The van der Waals surface area contributed by atoms with E-state index in [4.69, 9.17) is 14.2 Å². The molecule has 0 aromatic heterocycles. The number of aryl methyl sites for hydroxylation is 1. The van der Waals surface area contributed by atoms with Crippen molar-refractivity contribution in [1.29, 1.82) is 0 Å². The maximum absolute atomic E-state index is 11.8. The van der Waals surface area contributed by atoms with Crippen LogP contribution >= 0.6 is 0 Å². The summed E-state index contributed by atoms with van der Waals surface area (Å²) in [5.74, 6) is 0.499.